The molecule has 0 aromatic heterocycles. The van der Waals surface area contributed by atoms with Crippen LogP contribution in [0.5, 0.6) is 0 Å². The first-order valence-electron chi connectivity index (χ1n) is 9.61. The summed E-state index contributed by atoms with van der Waals surface area (Å²) in [5.74, 6) is -1.22. The zero-order valence-corrected chi connectivity index (χ0v) is 16.8. The van der Waals surface area contributed by atoms with Crippen molar-refractivity contribution in [1.82, 2.24) is 10.2 Å². The number of hydrogen-bond acceptors (Lipinski definition) is 4. The Balaban J connectivity index is 2.02. The number of rotatable bonds is 11. The van der Waals surface area contributed by atoms with E-state index in [1.165, 1.54) is 4.90 Å². The van der Waals surface area contributed by atoms with Crippen molar-refractivity contribution >= 4 is 17.8 Å². The number of amides is 2. The Morgan fingerprint density at radius 1 is 0.933 bits per heavy atom. The van der Waals surface area contributed by atoms with Crippen LogP contribution in [0.15, 0.2) is 86.0 Å². The van der Waals surface area contributed by atoms with Crippen LogP contribution in [0.3, 0.4) is 0 Å². The van der Waals surface area contributed by atoms with Gasteiger partial charge in [0.15, 0.2) is 6.61 Å². The Kier molecular flexibility index (Phi) is 9.06. The highest BCUT2D eigenvalue weighted by Crippen LogP contribution is 2.18. The highest BCUT2D eigenvalue weighted by Gasteiger charge is 2.21. The number of ether oxygens (including phenoxy) is 1. The van der Waals surface area contributed by atoms with Crippen molar-refractivity contribution in [3.05, 3.63) is 97.1 Å². The predicted molar refractivity (Wildman–Crippen MR) is 116 cm³/mol. The maximum Gasteiger partial charge on any atom is 0.308 e. The van der Waals surface area contributed by atoms with Gasteiger partial charge in [0.1, 0.15) is 0 Å². The van der Waals surface area contributed by atoms with Crippen LogP contribution in [0.1, 0.15) is 28.4 Å². The summed E-state index contributed by atoms with van der Waals surface area (Å²) >= 11 is 0. The minimum absolute atomic E-state index is 0.0984. The van der Waals surface area contributed by atoms with Crippen molar-refractivity contribution in [2.24, 2.45) is 0 Å². The Labute approximate surface area is 176 Å². The Morgan fingerprint density at radius 3 is 2.07 bits per heavy atom. The van der Waals surface area contributed by atoms with E-state index >= 15 is 0 Å². The molecular weight excluding hydrogens is 380 g/mol. The lowest BCUT2D eigenvalue weighted by Crippen LogP contribution is -2.35. The van der Waals surface area contributed by atoms with Crippen LogP contribution in [-0.4, -0.2) is 42.4 Å². The fourth-order valence-electron chi connectivity index (χ4n) is 2.82. The molecule has 2 aromatic carbocycles. The zero-order chi connectivity index (χ0) is 21.8. The zero-order valence-electron chi connectivity index (χ0n) is 16.8. The second-order valence-electron chi connectivity index (χ2n) is 6.54. The SMILES string of the molecule is C=CCN(CC=C)C(=O)COC(=O)C[C@H](NC(=O)c1ccccc1)c1ccccc1. The molecular formula is C24H26N2O4. The molecule has 0 saturated carbocycles. The van der Waals surface area contributed by atoms with E-state index in [1.807, 2.05) is 36.4 Å². The van der Waals surface area contributed by atoms with Gasteiger partial charge in [0.05, 0.1) is 12.5 Å². The number of hydrogen-bond donors (Lipinski definition) is 1. The van der Waals surface area contributed by atoms with Crippen LogP contribution in [-0.2, 0) is 14.3 Å². The number of carbonyl (C=O) groups is 3. The van der Waals surface area contributed by atoms with E-state index in [2.05, 4.69) is 18.5 Å². The Hall–Kier alpha value is -3.67. The van der Waals surface area contributed by atoms with Crippen LogP contribution in [0.25, 0.3) is 0 Å². The molecule has 0 aliphatic carbocycles. The lowest BCUT2D eigenvalue weighted by molar-refractivity contribution is -0.152. The molecule has 30 heavy (non-hydrogen) atoms. The van der Waals surface area contributed by atoms with Crippen LogP contribution >= 0.6 is 0 Å². The van der Waals surface area contributed by atoms with Crippen molar-refractivity contribution < 1.29 is 19.1 Å². The normalized spacial score (nSPS) is 11.1. The summed E-state index contributed by atoms with van der Waals surface area (Å²) < 4.78 is 5.17. The van der Waals surface area contributed by atoms with Crippen LogP contribution in [0.4, 0.5) is 0 Å². The average molecular weight is 406 g/mol. The summed E-state index contributed by atoms with van der Waals surface area (Å²) in [5.41, 5.74) is 1.26. The minimum Gasteiger partial charge on any atom is -0.455 e. The van der Waals surface area contributed by atoms with Crippen molar-refractivity contribution in [3.63, 3.8) is 0 Å². The molecule has 2 rings (SSSR count). The summed E-state index contributed by atoms with van der Waals surface area (Å²) in [6, 6.07) is 17.3. The fourth-order valence-corrected chi connectivity index (χ4v) is 2.82. The third-order valence-electron chi connectivity index (χ3n) is 4.32. The standard InChI is InChI=1S/C24H26N2O4/c1-3-15-26(16-4-2)22(27)18-30-23(28)17-21(19-11-7-5-8-12-19)25-24(29)20-13-9-6-10-14-20/h3-14,21H,1-2,15-18H2,(H,25,29)/t21-/m0/s1. The lowest BCUT2D eigenvalue weighted by atomic mass is 10.0. The van der Waals surface area contributed by atoms with E-state index in [1.54, 1.807) is 36.4 Å². The fraction of sp³-hybridized carbons (Fsp3) is 0.208. The minimum atomic E-state index is -0.584. The monoisotopic (exact) mass is 406 g/mol. The van der Waals surface area contributed by atoms with E-state index < -0.39 is 12.0 Å². The maximum atomic E-state index is 12.6. The third-order valence-corrected chi connectivity index (χ3v) is 4.32. The molecule has 6 heteroatoms. The topological polar surface area (TPSA) is 75.7 Å². The van der Waals surface area contributed by atoms with E-state index in [0.29, 0.717) is 18.7 Å². The molecule has 0 aliphatic heterocycles. The Morgan fingerprint density at radius 2 is 1.50 bits per heavy atom. The van der Waals surface area contributed by atoms with Gasteiger partial charge in [-0.25, -0.2) is 0 Å². The van der Waals surface area contributed by atoms with Gasteiger partial charge in [0, 0.05) is 18.7 Å². The molecule has 1 atom stereocenters. The highest BCUT2D eigenvalue weighted by molar-refractivity contribution is 5.94. The Bertz CT molecular complexity index is 855. The number of nitrogens with zero attached hydrogens (tertiary/aromatic N) is 1. The third kappa shape index (κ3) is 7.05. The summed E-state index contributed by atoms with van der Waals surface area (Å²) in [7, 11) is 0. The second-order valence-corrected chi connectivity index (χ2v) is 6.54. The smallest absolute Gasteiger partial charge is 0.308 e. The van der Waals surface area contributed by atoms with E-state index in [4.69, 9.17) is 4.74 Å². The first-order valence-corrected chi connectivity index (χ1v) is 9.61. The summed E-state index contributed by atoms with van der Waals surface area (Å²) in [5, 5.41) is 2.87. The molecule has 0 aliphatic rings. The van der Waals surface area contributed by atoms with Crippen LogP contribution in [0, 0.1) is 0 Å². The molecule has 0 spiro atoms. The molecule has 2 aromatic rings. The molecule has 0 heterocycles. The van der Waals surface area contributed by atoms with Crippen molar-refractivity contribution in [2.45, 2.75) is 12.5 Å². The summed E-state index contributed by atoms with van der Waals surface area (Å²) in [6.07, 6.45) is 3.08. The average Bonchev–Trinajstić information content (AvgIpc) is 2.78. The van der Waals surface area contributed by atoms with Gasteiger partial charge < -0.3 is 15.0 Å². The quantitative estimate of drug-likeness (QED) is 0.459. The number of benzene rings is 2. The van der Waals surface area contributed by atoms with Gasteiger partial charge >= 0.3 is 5.97 Å². The second kappa shape index (κ2) is 12.0. The van der Waals surface area contributed by atoms with Gasteiger partial charge in [0.25, 0.3) is 11.8 Å². The van der Waals surface area contributed by atoms with Crippen LogP contribution in [0.2, 0.25) is 0 Å². The number of esters is 1. The van der Waals surface area contributed by atoms with Gasteiger partial charge in [-0.15, -0.1) is 13.2 Å². The molecule has 0 fully saturated rings. The van der Waals surface area contributed by atoms with Gasteiger partial charge in [-0.2, -0.15) is 0 Å². The molecule has 0 saturated heterocycles. The lowest BCUT2D eigenvalue weighted by Gasteiger charge is -2.21. The van der Waals surface area contributed by atoms with E-state index in [-0.39, 0.29) is 24.8 Å². The first kappa shape index (κ1) is 22.6. The molecule has 156 valence electrons. The van der Waals surface area contributed by atoms with Crippen molar-refractivity contribution in [3.8, 4) is 0 Å². The number of nitrogens with one attached hydrogen (secondary N) is 1. The largest absolute Gasteiger partial charge is 0.455 e. The molecule has 2 amide bonds. The molecule has 0 bridgehead atoms. The van der Waals surface area contributed by atoms with Crippen molar-refractivity contribution in [2.75, 3.05) is 19.7 Å². The summed E-state index contributed by atoms with van der Waals surface area (Å²) in [6.45, 7) is 7.51. The maximum absolute atomic E-state index is 12.6. The first-order chi connectivity index (χ1) is 14.5. The van der Waals surface area contributed by atoms with Gasteiger partial charge in [0.2, 0.25) is 0 Å². The molecule has 6 nitrogen and oxygen atoms in total. The van der Waals surface area contributed by atoms with Gasteiger partial charge in [-0.05, 0) is 17.7 Å². The molecule has 1 N–H and O–H groups in total. The number of carbonyl (C=O) groups excluding carboxylic acids is 3. The van der Waals surface area contributed by atoms with Gasteiger partial charge in [-0.3, -0.25) is 14.4 Å². The predicted octanol–water partition coefficient (Wildman–Crippen LogP) is 3.29. The molecule has 0 unspecified atom stereocenters. The van der Waals surface area contributed by atoms with Crippen molar-refractivity contribution in [1.29, 1.82) is 0 Å². The van der Waals surface area contributed by atoms with E-state index in [0.717, 1.165) is 5.56 Å². The highest BCUT2D eigenvalue weighted by atomic mass is 16.5. The van der Waals surface area contributed by atoms with Gasteiger partial charge in [-0.1, -0.05) is 60.7 Å². The molecule has 0 radical (unpaired) electrons. The van der Waals surface area contributed by atoms with E-state index in [9.17, 15) is 14.4 Å². The summed E-state index contributed by atoms with van der Waals surface area (Å²) in [4.78, 5) is 38.7. The van der Waals surface area contributed by atoms with Crippen LogP contribution < -0.4 is 5.32 Å².